The molecule has 36 heavy (non-hydrogen) atoms. The lowest BCUT2D eigenvalue weighted by atomic mass is 10.0. The third kappa shape index (κ3) is 5.83. The van der Waals surface area contributed by atoms with Gasteiger partial charge in [0.1, 0.15) is 0 Å². The number of thioether (sulfide) groups is 1. The van der Waals surface area contributed by atoms with Gasteiger partial charge in [-0.05, 0) is 42.3 Å². The molecule has 1 N–H and O–H groups in total. The number of aromatic nitrogens is 3. The summed E-state index contributed by atoms with van der Waals surface area (Å²) in [7, 11) is 1.86. The summed E-state index contributed by atoms with van der Waals surface area (Å²) in [6.07, 6.45) is 0. The van der Waals surface area contributed by atoms with Gasteiger partial charge in [-0.25, -0.2) is 0 Å². The first-order chi connectivity index (χ1) is 17.5. The zero-order chi connectivity index (χ0) is 25.5. The summed E-state index contributed by atoms with van der Waals surface area (Å²) in [5, 5.41) is 12.4. The first kappa shape index (κ1) is 25.2. The standard InChI is InChI=1S/C28H29N5O2S/c1-20(2)25(29-27(35)21-13-7-4-8-14-21)26-30-31-28(32(26)3)36-19-24(34)33(22-15-9-5-10-16-22)23-17-11-6-12-18-23/h4-18,20,25H,19H2,1-3H3,(H,29,35)/t25-/m0/s1. The number of carbonyl (C=O) groups is 2. The molecule has 0 aliphatic heterocycles. The van der Waals surface area contributed by atoms with Gasteiger partial charge in [0, 0.05) is 24.0 Å². The molecule has 0 saturated carbocycles. The molecular weight excluding hydrogens is 470 g/mol. The van der Waals surface area contributed by atoms with Crippen molar-refractivity contribution < 1.29 is 9.59 Å². The molecule has 4 rings (SSSR count). The molecule has 1 atom stereocenters. The summed E-state index contributed by atoms with van der Waals surface area (Å²) in [6, 6.07) is 27.9. The molecule has 2 amide bonds. The molecule has 0 spiro atoms. The summed E-state index contributed by atoms with van der Waals surface area (Å²) in [5.41, 5.74) is 2.19. The maximum absolute atomic E-state index is 13.4. The normalized spacial score (nSPS) is 11.8. The molecule has 0 bridgehead atoms. The first-order valence-electron chi connectivity index (χ1n) is 11.8. The maximum Gasteiger partial charge on any atom is 0.251 e. The highest BCUT2D eigenvalue weighted by atomic mass is 32.2. The van der Waals surface area contributed by atoms with E-state index in [0.717, 1.165) is 11.4 Å². The smallest absolute Gasteiger partial charge is 0.251 e. The van der Waals surface area contributed by atoms with Crippen LogP contribution in [0.15, 0.2) is 96.2 Å². The average Bonchev–Trinajstić information content (AvgIpc) is 3.27. The molecule has 3 aromatic carbocycles. The molecule has 1 heterocycles. The SMILES string of the molecule is CC(C)[C@H](NC(=O)c1ccccc1)c1nnc(SCC(=O)N(c2ccccc2)c2ccccc2)n1C. The van der Waals surface area contributed by atoms with Gasteiger partial charge in [-0.3, -0.25) is 14.5 Å². The van der Waals surface area contributed by atoms with Crippen molar-refractivity contribution >= 4 is 35.0 Å². The van der Waals surface area contributed by atoms with Crippen LogP contribution in [0.2, 0.25) is 0 Å². The van der Waals surface area contributed by atoms with Crippen LogP contribution in [-0.4, -0.2) is 32.3 Å². The molecule has 4 aromatic rings. The molecule has 184 valence electrons. The Morgan fingerprint density at radius 1 is 0.861 bits per heavy atom. The monoisotopic (exact) mass is 499 g/mol. The van der Waals surface area contributed by atoms with Crippen LogP contribution in [0, 0.1) is 5.92 Å². The third-order valence-corrected chi connectivity index (χ3v) is 6.74. The molecule has 8 heteroatoms. The van der Waals surface area contributed by atoms with Crippen molar-refractivity contribution in [2.45, 2.75) is 25.0 Å². The number of benzene rings is 3. The zero-order valence-electron chi connectivity index (χ0n) is 20.5. The van der Waals surface area contributed by atoms with Crippen LogP contribution in [0.5, 0.6) is 0 Å². The van der Waals surface area contributed by atoms with E-state index >= 15 is 0 Å². The second-order valence-corrected chi connectivity index (χ2v) is 9.59. The van der Waals surface area contributed by atoms with Gasteiger partial charge in [0.2, 0.25) is 5.91 Å². The van der Waals surface area contributed by atoms with Crippen molar-refractivity contribution in [1.82, 2.24) is 20.1 Å². The summed E-state index contributed by atoms with van der Waals surface area (Å²) in [5.74, 6) is 0.681. The molecular formula is C28H29N5O2S. The Bertz CT molecular complexity index is 1250. The van der Waals surface area contributed by atoms with Gasteiger partial charge < -0.3 is 9.88 Å². The van der Waals surface area contributed by atoms with Crippen molar-refractivity contribution in [3.05, 3.63) is 102 Å². The number of para-hydroxylation sites is 2. The highest BCUT2D eigenvalue weighted by Crippen LogP contribution is 2.28. The number of hydrogen-bond acceptors (Lipinski definition) is 5. The van der Waals surface area contributed by atoms with E-state index in [1.807, 2.05) is 104 Å². The van der Waals surface area contributed by atoms with Gasteiger partial charge in [-0.1, -0.05) is 80.2 Å². The van der Waals surface area contributed by atoms with Gasteiger partial charge in [0.05, 0.1) is 11.8 Å². The Morgan fingerprint density at radius 3 is 1.92 bits per heavy atom. The van der Waals surface area contributed by atoms with Gasteiger partial charge in [-0.15, -0.1) is 10.2 Å². The van der Waals surface area contributed by atoms with Gasteiger partial charge in [0.25, 0.3) is 5.91 Å². The fourth-order valence-corrected chi connectivity index (χ4v) is 4.62. The quantitative estimate of drug-likeness (QED) is 0.312. The van der Waals surface area contributed by atoms with Gasteiger partial charge in [0.15, 0.2) is 11.0 Å². The van der Waals surface area contributed by atoms with E-state index in [-0.39, 0.29) is 29.5 Å². The van der Waals surface area contributed by atoms with Crippen molar-refractivity contribution in [1.29, 1.82) is 0 Å². The van der Waals surface area contributed by atoms with E-state index in [1.54, 1.807) is 17.0 Å². The lowest BCUT2D eigenvalue weighted by Crippen LogP contribution is -2.33. The summed E-state index contributed by atoms with van der Waals surface area (Å²) in [4.78, 5) is 27.9. The zero-order valence-corrected chi connectivity index (χ0v) is 21.4. The van der Waals surface area contributed by atoms with E-state index in [9.17, 15) is 9.59 Å². The fraction of sp³-hybridized carbons (Fsp3) is 0.214. The Hall–Kier alpha value is -3.91. The first-order valence-corrected chi connectivity index (χ1v) is 12.8. The fourth-order valence-electron chi connectivity index (χ4n) is 3.85. The minimum absolute atomic E-state index is 0.0697. The van der Waals surface area contributed by atoms with Crippen LogP contribution in [-0.2, 0) is 11.8 Å². The van der Waals surface area contributed by atoms with Gasteiger partial charge >= 0.3 is 0 Å². The molecule has 7 nitrogen and oxygen atoms in total. The number of hydrogen-bond donors (Lipinski definition) is 1. The average molecular weight is 500 g/mol. The topological polar surface area (TPSA) is 80.1 Å². The number of carbonyl (C=O) groups excluding carboxylic acids is 2. The predicted molar refractivity (Wildman–Crippen MR) is 143 cm³/mol. The third-order valence-electron chi connectivity index (χ3n) is 5.74. The molecule has 1 aromatic heterocycles. The van der Waals surface area contributed by atoms with Gasteiger partial charge in [-0.2, -0.15) is 0 Å². The van der Waals surface area contributed by atoms with E-state index in [0.29, 0.717) is 16.5 Å². The van der Waals surface area contributed by atoms with Crippen LogP contribution < -0.4 is 10.2 Å². The molecule has 0 unspecified atom stereocenters. The van der Waals surface area contributed by atoms with Crippen molar-refractivity contribution in [2.24, 2.45) is 13.0 Å². The van der Waals surface area contributed by atoms with Crippen LogP contribution in [0.3, 0.4) is 0 Å². The Kier molecular flexibility index (Phi) is 8.17. The number of amides is 2. The molecule has 0 aliphatic rings. The Labute approximate surface area is 215 Å². The van der Waals surface area contributed by atoms with Crippen molar-refractivity contribution in [3.8, 4) is 0 Å². The number of anilines is 2. The molecule has 0 radical (unpaired) electrons. The van der Waals surface area contributed by atoms with Crippen LogP contribution >= 0.6 is 11.8 Å². The van der Waals surface area contributed by atoms with Crippen LogP contribution in [0.4, 0.5) is 11.4 Å². The predicted octanol–water partition coefficient (Wildman–Crippen LogP) is 5.40. The highest BCUT2D eigenvalue weighted by molar-refractivity contribution is 7.99. The van der Waals surface area contributed by atoms with Crippen LogP contribution in [0.1, 0.15) is 36.1 Å². The maximum atomic E-state index is 13.4. The molecule has 0 fully saturated rings. The van der Waals surface area contributed by atoms with E-state index in [1.165, 1.54) is 11.8 Å². The van der Waals surface area contributed by atoms with Crippen molar-refractivity contribution in [2.75, 3.05) is 10.7 Å². The lowest BCUT2D eigenvalue weighted by Gasteiger charge is -2.23. The summed E-state index contributed by atoms with van der Waals surface area (Å²) in [6.45, 7) is 4.05. The Balaban J connectivity index is 1.50. The number of rotatable bonds is 9. The lowest BCUT2D eigenvalue weighted by molar-refractivity contribution is -0.115. The van der Waals surface area contributed by atoms with E-state index in [2.05, 4.69) is 15.5 Å². The summed E-state index contributed by atoms with van der Waals surface area (Å²) < 4.78 is 1.85. The highest BCUT2D eigenvalue weighted by Gasteiger charge is 2.26. The van der Waals surface area contributed by atoms with E-state index in [4.69, 9.17) is 0 Å². The minimum atomic E-state index is -0.328. The Morgan fingerprint density at radius 2 is 1.39 bits per heavy atom. The largest absolute Gasteiger partial charge is 0.342 e. The van der Waals surface area contributed by atoms with Crippen LogP contribution in [0.25, 0.3) is 0 Å². The summed E-state index contributed by atoms with van der Waals surface area (Å²) >= 11 is 1.32. The number of nitrogens with zero attached hydrogens (tertiary/aromatic N) is 4. The minimum Gasteiger partial charge on any atom is -0.342 e. The second-order valence-electron chi connectivity index (χ2n) is 8.65. The number of nitrogens with one attached hydrogen (secondary N) is 1. The second kappa shape index (κ2) is 11.7. The van der Waals surface area contributed by atoms with E-state index < -0.39 is 0 Å². The molecule has 0 saturated heterocycles. The molecule has 0 aliphatic carbocycles. The van der Waals surface area contributed by atoms with Crippen molar-refractivity contribution in [3.63, 3.8) is 0 Å².